The summed E-state index contributed by atoms with van der Waals surface area (Å²) in [7, 11) is 0. The monoisotopic (exact) mass is 181 g/mol. The lowest BCUT2D eigenvalue weighted by Gasteiger charge is -2.26. The van der Waals surface area contributed by atoms with Crippen LogP contribution in [-0.4, -0.2) is 36.5 Å². The molecule has 1 fully saturated rings. The summed E-state index contributed by atoms with van der Waals surface area (Å²) in [5.74, 6) is -0.0429. The molecule has 4 nitrogen and oxygen atoms in total. The Morgan fingerprint density at radius 2 is 2.54 bits per heavy atom. The summed E-state index contributed by atoms with van der Waals surface area (Å²) in [4.78, 5) is 13.2. The number of nitrogens with zero attached hydrogens (tertiary/aromatic N) is 2. The van der Waals surface area contributed by atoms with Crippen LogP contribution in [0.3, 0.4) is 0 Å². The quantitative estimate of drug-likeness (QED) is 0.672. The molecule has 1 N–H and O–H groups in total. The van der Waals surface area contributed by atoms with Gasteiger partial charge in [0.05, 0.1) is 6.07 Å². The molecule has 0 saturated carbocycles. The standard InChI is InChI=1S/C9H15N3O/c1-2-12(9(13)3-5-10)8-4-6-11-7-8/h8,11H,2-4,6-7H2,1H3. The molecule has 0 radical (unpaired) electrons. The Morgan fingerprint density at radius 1 is 1.77 bits per heavy atom. The lowest BCUT2D eigenvalue weighted by molar-refractivity contribution is -0.131. The Labute approximate surface area is 78.5 Å². The molecule has 1 amide bonds. The lowest BCUT2D eigenvalue weighted by atomic mass is 10.2. The Balaban J connectivity index is 2.50. The van der Waals surface area contributed by atoms with Crippen molar-refractivity contribution in [3.8, 4) is 6.07 Å². The number of nitrogens with one attached hydrogen (secondary N) is 1. The third-order valence-corrected chi connectivity index (χ3v) is 2.37. The van der Waals surface area contributed by atoms with Crippen molar-refractivity contribution in [2.75, 3.05) is 19.6 Å². The van der Waals surface area contributed by atoms with Crippen LogP contribution in [0.5, 0.6) is 0 Å². The molecule has 1 aliphatic rings. The summed E-state index contributed by atoms with van der Waals surface area (Å²) in [6, 6.07) is 2.19. The molecule has 0 aromatic carbocycles. The van der Waals surface area contributed by atoms with Crippen molar-refractivity contribution >= 4 is 5.91 Å². The van der Waals surface area contributed by atoms with Gasteiger partial charge in [-0.25, -0.2) is 0 Å². The number of carbonyl (C=O) groups is 1. The predicted molar refractivity (Wildman–Crippen MR) is 48.9 cm³/mol. The van der Waals surface area contributed by atoms with Crippen LogP contribution < -0.4 is 5.32 Å². The molecule has 1 saturated heterocycles. The molecule has 1 rings (SSSR count). The predicted octanol–water partition coefficient (Wildman–Crippen LogP) is 0.110. The van der Waals surface area contributed by atoms with Crippen molar-refractivity contribution in [1.82, 2.24) is 10.2 Å². The highest BCUT2D eigenvalue weighted by atomic mass is 16.2. The van der Waals surface area contributed by atoms with Gasteiger partial charge >= 0.3 is 0 Å². The van der Waals surface area contributed by atoms with Gasteiger partial charge in [-0.15, -0.1) is 0 Å². The Bertz CT molecular complexity index is 215. The van der Waals surface area contributed by atoms with Gasteiger partial charge in [-0.05, 0) is 19.9 Å². The number of nitriles is 1. The molecule has 0 bridgehead atoms. The van der Waals surface area contributed by atoms with Gasteiger partial charge in [-0.3, -0.25) is 4.79 Å². The van der Waals surface area contributed by atoms with Crippen molar-refractivity contribution in [2.24, 2.45) is 0 Å². The van der Waals surface area contributed by atoms with Crippen molar-refractivity contribution < 1.29 is 4.79 Å². The van der Waals surface area contributed by atoms with E-state index in [2.05, 4.69) is 5.32 Å². The van der Waals surface area contributed by atoms with Crippen LogP contribution in [0.15, 0.2) is 0 Å². The number of hydrogen-bond donors (Lipinski definition) is 1. The van der Waals surface area contributed by atoms with Crippen LogP contribution in [0.2, 0.25) is 0 Å². The van der Waals surface area contributed by atoms with E-state index in [1.807, 2.05) is 13.0 Å². The summed E-state index contributed by atoms with van der Waals surface area (Å²) in [5, 5.41) is 11.6. The average Bonchev–Trinajstić information content (AvgIpc) is 2.59. The smallest absolute Gasteiger partial charge is 0.237 e. The first kappa shape index (κ1) is 10.0. The van der Waals surface area contributed by atoms with Gasteiger partial charge in [0.2, 0.25) is 5.91 Å². The molecule has 13 heavy (non-hydrogen) atoms. The summed E-state index contributed by atoms with van der Waals surface area (Å²) >= 11 is 0. The van der Waals surface area contributed by atoms with Gasteiger partial charge in [0, 0.05) is 19.1 Å². The molecule has 1 aliphatic heterocycles. The highest BCUT2D eigenvalue weighted by molar-refractivity contribution is 5.78. The molecule has 0 aromatic heterocycles. The van der Waals surface area contributed by atoms with Gasteiger partial charge < -0.3 is 10.2 Å². The second-order valence-electron chi connectivity index (χ2n) is 3.16. The topological polar surface area (TPSA) is 56.1 Å². The Kier molecular flexibility index (Phi) is 3.71. The first-order chi connectivity index (χ1) is 6.29. The minimum absolute atomic E-state index is 0.00431. The molecule has 72 valence electrons. The van der Waals surface area contributed by atoms with Crippen LogP contribution in [0.1, 0.15) is 19.8 Å². The molecule has 0 aromatic rings. The fourth-order valence-corrected chi connectivity index (χ4v) is 1.71. The molecule has 1 unspecified atom stereocenters. The van der Waals surface area contributed by atoms with E-state index < -0.39 is 0 Å². The largest absolute Gasteiger partial charge is 0.338 e. The summed E-state index contributed by atoms with van der Waals surface area (Å²) in [6.45, 7) is 4.49. The van der Waals surface area contributed by atoms with Crippen molar-refractivity contribution in [1.29, 1.82) is 5.26 Å². The highest BCUT2D eigenvalue weighted by Crippen LogP contribution is 2.09. The molecular weight excluding hydrogens is 166 g/mol. The van der Waals surface area contributed by atoms with E-state index >= 15 is 0 Å². The lowest BCUT2D eigenvalue weighted by Crippen LogP contribution is -2.41. The van der Waals surface area contributed by atoms with Crippen molar-refractivity contribution in [3.63, 3.8) is 0 Å². The van der Waals surface area contributed by atoms with Crippen LogP contribution in [-0.2, 0) is 4.79 Å². The van der Waals surface area contributed by atoms with Gasteiger partial charge in [0.25, 0.3) is 0 Å². The second-order valence-corrected chi connectivity index (χ2v) is 3.16. The van der Waals surface area contributed by atoms with E-state index in [1.54, 1.807) is 4.90 Å². The van der Waals surface area contributed by atoms with Crippen LogP contribution in [0.4, 0.5) is 0 Å². The third-order valence-electron chi connectivity index (χ3n) is 2.37. The van der Waals surface area contributed by atoms with Gasteiger partial charge in [0.15, 0.2) is 0 Å². The van der Waals surface area contributed by atoms with Crippen molar-refractivity contribution in [2.45, 2.75) is 25.8 Å². The number of hydrogen-bond acceptors (Lipinski definition) is 3. The Hall–Kier alpha value is -1.08. The van der Waals surface area contributed by atoms with Crippen LogP contribution >= 0.6 is 0 Å². The zero-order chi connectivity index (χ0) is 9.68. The fourth-order valence-electron chi connectivity index (χ4n) is 1.71. The summed E-state index contributed by atoms with van der Waals surface area (Å²) in [5.41, 5.74) is 0. The molecule has 4 heteroatoms. The molecule has 0 aliphatic carbocycles. The maximum absolute atomic E-state index is 11.4. The molecule has 1 heterocycles. The van der Waals surface area contributed by atoms with Crippen LogP contribution in [0.25, 0.3) is 0 Å². The van der Waals surface area contributed by atoms with E-state index in [9.17, 15) is 4.79 Å². The zero-order valence-corrected chi connectivity index (χ0v) is 7.92. The fraction of sp³-hybridized carbons (Fsp3) is 0.778. The van der Waals surface area contributed by atoms with Gasteiger partial charge in [-0.2, -0.15) is 5.26 Å². The van der Waals surface area contributed by atoms with E-state index in [0.29, 0.717) is 12.6 Å². The molecule has 1 atom stereocenters. The molecular formula is C9H15N3O. The zero-order valence-electron chi connectivity index (χ0n) is 7.92. The first-order valence-electron chi connectivity index (χ1n) is 4.66. The van der Waals surface area contributed by atoms with E-state index in [-0.39, 0.29) is 12.3 Å². The first-order valence-corrected chi connectivity index (χ1v) is 4.66. The third kappa shape index (κ3) is 2.43. The number of carbonyl (C=O) groups excluding carboxylic acids is 1. The summed E-state index contributed by atoms with van der Waals surface area (Å²) < 4.78 is 0. The van der Waals surface area contributed by atoms with Crippen molar-refractivity contribution in [3.05, 3.63) is 0 Å². The van der Waals surface area contributed by atoms with Gasteiger partial charge in [0.1, 0.15) is 6.42 Å². The normalized spacial score (nSPS) is 21.1. The van der Waals surface area contributed by atoms with E-state index in [0.717, 1.165) is 19.5 Å². The van der Waals surface area contributed by atoms with Crippen LogP contribution in [0, 0.1) is 11.3 Å². The SMILES string of the molecule is CCN(C(=O)CC#N)C1CCNC1. The maximum Gasteiger partial charge on any atom is 0.237 e. The number of likely N-dealkylation sites (N-methyl/N-ethyl adjacent to an activating group) is 1. The average molecular weight is 181 g/mol. The highest BCUT2D eigenvalue weighted by Gasteiger charge is 2.24. The Morgan fingerprint density at radius 3 is 3.00 bits per heavy atom. The van der Waals surface area contributed by atoms with E-state index in [1.165, 1.54) is 0 Å². The summed E-state index contributed by atoms with van der Waals surface area (Å²) in [6.07, 6.45) is 1.01. The van der Waals surface area contributed by atoms with Gasteiger partial charge in [-0.1, -0.05) is 0 Å². The number of rotatable bonds is 3. The van der Waals surface area contributed by atoms with E-state index in [4.69, 9.17) is 5.26 Å². The molecule has 0 spiro atoms. The number of amides is 1. The minimum atomic E-state index is -0.0429. The maximum atomic E-state index is 11.4. The second kappa shape index (κ2) is 4.83. The minimum Gasteiger partial charge on any atom is -0.338 e.